The average molecular weight is 288 g/mol. The first-order chi connectivity index (χ1) is 10.0. The van der Waals surface area contributed by atoms with E-state index in [1.807, 2.05) is 0 Å². The van der Waals surface area contributed by atoms with E-state index in [-0.39, 0.29) is 12.8 Å². The standard InChI is InChI=1S/C14H9FN2O4/c15-11-3-1-9(2-4-11)7-10(8-16)14(20)21-17-12(18)5-6-13(17)19/h1-4,7H,5-6H2/b10-7+. The molecule has 1 aromatic rings. The van der Waals surface area contributed by atoms with Gasteiger partial charge in [0.25, 0.3) is 11.8 Å². The average Bonchev–Trinajstić information content (AvgIpc) is 2.78. The van der Waals surface area contributed by atoms with Crippen molar-refractivity contribution in [1.29, 1.82) is 5.26 Å². The third-order valence-corrected chi connectivity index (χ3v) is 2.70. The Morgan fingerprint density at radius 2 is 1.81 bits per heavy atom. The van der Waals surface area contributed by atoms with Crippen molar-refractivity contribution in [3.8, 4) is 6.07 Å². The summed E-state index contributed by atoms with van der Waals surface area (Å²) >= 11 is 0. The smallest absolute Gasteiger partial charge is 0.324 e. The van der Waals surface area contributed by atoms with E-state index in [1.54, 1.807) is 6.07 Å². The number of hydrogen-bond acceptors (Lipinski definition) is 5. The van der Waals surface area contributed by atoms with Gasteiger partial charge in [0, 0.05) is 12.8 Å². The molecule has 0 atom stereocenters. The summed E-state index contributed by atoms with van der Waals surface area (Å²) in [6.07, 6.45) is 1.11. The Kier molecular flexibility index (Phi) is 4.09. The lowest BCUT2D eigenvalue weighted by atomic mass is 10.1. The first-order valence-corrected chi connectivity index (χ1v) is 5.96. The quantitative estimate of drug-likeness (QED) is 0.476. The van der Waals surface area contributed by atoms with Crippen molar-refractivity contribution in [3.05, 3.63) is 41.2 Å². The maximum Gasteiger partial charge on any atom is 0.374 e. The zero-order valence-corrected chi connectivity index (χ0v) is 10.7. The number of carbonyl (C=O) groups excluding carboxylic acids is 3. The van der Waals surface area contributed by atoms with E-state index >= 15 is 0 Å². The number of halogens is 1. The van der Waals surface area contributed by atoms with Crippen LogP contribution in [-0.4, -0.2) is 22.8 Å². The van der Waals surface area contributed by atoms with Crippen LogP contribution in [0.15, 0.2) is 29.8 Å². The highest BCUT2D eigenvalue weighted by molar-refractivity contribution is 6.04. The van der Waals surface area contributed by atoms with Gasteiger partial charge in [0.1, 0.15) is 17.5 Å². The normalized spacial score (nSPS) is 15.0. The number of nitriles is 1. The van der Waals surface area contributed by atoms with E-state index in [2.05, 4.69) is 4.84 Å². The van der Waals surface area contributed by atoms with Crippen LogP contribution in [0, 0.1) is 17.1 Å². The van der Waals surface area contributed by atoms with Crippen molar-refractivity contribution in [2.24, 2.45) is 0 Å². The highest BCUT2D eigenvalue weighted by Gasteiger charge is 2.33. The Morgan fingerprint density at radius 1 is 1.24 bits per heavy atom. The molecule has 0 N–H and O–H groups in total. The molecule has 6 nitrogen and oxygen atoms in total. The molecule has 1 fully saturated rings. The van der Waals surface area contributed by atoms with Gasteiger partial charge in [-0.15, -0.1) is 5.06 Å². The molecule has 0 aromatic heterocycles. The van der Waals surface area contributed by atoms with E-state index in [4.69, 9.17) is 5.26 Å². The van der Waals surface area contributed by atoms with Crippen LogP contribution in [0.25, 0.3) is 6.08 Å². The number of imide groups is 1. The van der Waals surface area contributed by atoms with Crippen LogP contribution in [0.5, 0.6) is 0 Å². The molecule has 0 spiro atoms. The number of hydrogen-bond donors (Lipinski definition) is 0. The third-order valence-electron chi connectivity index (χ3n) is 2.70. The van der Waals surface area contributed by atoms with Crippen LogP contribution in [0.2, 0.25) is 0 Å². The molecule has 2 amide bonds. The van der Waals surface area contributed by atoms with Gasteiger partial charge in [-0.1, -0.05) is 12.1 Å². The van der Waals surface area contributed by atoms with Gasteiger partial charge in [0.2, 0.25) is 0 Å². The molecule has 1 heterocycles. The zero-order valence-electron chi connectivity index (χ0n) is 10.7. The Bertz CT molecular complexity index is 657. The SMILES string of the molecule is N#C/C(=C\c1ccc(F)cc1)C(=O)ON1C(=O)CCC1=O. The Hall–Kier alpha value is -3.01. The van der Waals surface area contributed by atoms with Crippen molar-refractivity contribution in [3.63, 3.8) is 0 Å². The van der Waals surface area contributed by atoms with Gasteiger partial charge in [-0.05, 0) is 23.8 Å². The summed E-state index contributed by atoms with van der Waals surface area (Å²) in [6.45, 7) is 0. The third kappa shape index (κ3) is 3.30. The molecule has 0 radical (unpaired) electrons. The Balaban J connectivity index is 2.15. The largest absolute Gasteiger partial charge is 0.374 e. The number of rotatable bonds is 3. The van der Waals surface area contributed by atoms with Crippen molar-refractivity contribution in [1.82, 2.24) is 5.06 Å². The molecule has 106 valence electrons. The topological polar surface area (TPSA) is 87.5 Å². The molecule has 0 bridgehead atoms. The number of nitrogens with zero attached hydrogens (tertiary/aromatic N) is 2. The van der Waals surface area contributed by atoms with Gasteiger partial charge in [-0.3, -0.25) is 9.59 Å². The summed E-state index contributed by atoms with van der Waals surface area (Å²) in [5, 5.41) is 9.30. The second kappa shape index (κ2) is 5.96. The molecule has 0 aliphatic carbocycles. The molecule has 1 aromatic carbocycles. The van der Waals surface area contributed by atoms with Gasteiger partial charge in [0.15, 0.2) is 0 Å². The Morgan fingerprint density at radius 3 is 2.33 bits per heavy atom. The number of hydroxylamine groups is 2. The van der Waals surface area contributed by atoms with E-state index < -0.39 is 29.2 Å². The molecular formula is C14H9FN2O4. The first-order valence-electron chi connectivity index (χ1n) is 5.96. The lowest BCUT2D eigenvalue weighted by Crippen LogP contribution is -2.32. The van der Waals surface area contributed by atoms with E-state index in [0.717, 1.165) is 0 Å². The fraction of sp³-hybridized carbons (Fsp3) is 0.143. The number of amides is 2. The molecular weight excluding hydrogens is 279 g/mol. The van der Waals surface area contributed by atoms with E-state index in [0.29, 0.717) is 10.6 Å². The van der Waals surface area contributed by atoms with E-state index in [1.165, 1.54) is 30.3 Å². The lowest BCUT2D eigenvalue weighted by molar-refractivity contribution is -0.194. The molecule has 21 heavy (non-hydrogen) atoms. The second-order valence-corrected chi connectivity index (χ2v) is 4.18. The highest BCUT2D eigenvalue weighted by Crippen LogP contribution is 2.15. The predicted molar refractivity (Wildman–Crippen MR) is 67.2 cm³/mol. The van der Waals surface area contributed by atoms with Gasteiger partial charge in [0.05, 0.1) is 0 Å². The molecule has 2 rings (SSSR count). The van der Waals surface area contributed by atoms with Gasteiger partial charge >= 0.3 is 5.97 Å². The summed E-state index contributed by atoms with van der Waals surface area (Å²) in [6, 6.07) is 6.68. The minimum Gasteiger partial charge on any atom is -0.324 e. The second-order valence-electron chi connectivity index (χ2n) is 4.18. The minimum absolute atomic E-state index is 0.0321. The van der Waals surface area contributed by atoms with Crippen LogP contribution in [0.4, 0.5) is 4.39 Å². The van der Waals surface area contributed by atoms with Crippen LogP contribution >= 0.6 is 0 Å². The summed E-state index contributed by atoms with van der Waals surface area (Å²) in [4.78, 5) is 39.0. The van der Waals surface area contributed by atoms with Crippen LogP contribution < -0.4 is 0 Å². The Labute approximate surface area is 119 Å². The fourth-order valence-corrected chi connectivity index (χ4v) is 1.65. The predicted octanol–water partition coefficient (Wildman–Crippen LogP) is 1.34. The van der Waals surface area contributed by atoms with Crippen molar-refractivity contribution in [2.45, 2.75) is 12.8 Å². The maximum absolute atomic E-state index is 12.8. The van der Waals surface area contributed by atoms with Crippen molar-refractivity contribution >= 4 is 23.9 Å². The first kappa shape index (κ1) is 14.4. The van der Waals surface area contributed by atoms with Crippen LogP contribution in [0.3, 0.4) is 0 Å². The number of carbonyl (C=O) groups is 3. The van der Waals surface area contributed by atoms with Crippen LogP contribution in [0.1, 0.15) is 18.4 Å². The van der Waals surface area contributed by atoms with Gasteiger partial charge in [-0.25, -0.2) is 9.18 Å². The monoisotopic (exact) mass is 288 g/mol. The summed E-state index contributed by atoms with van der Waals surface area (Å²) in [5.41, 5.74) is -0.00177. The molecule has 0 saturated carbocycles. The summed E-state index contributed by atoms with van der Waals surface area (Å²) in [5.74, 6) is -2.84. The molecule has 1 aliphatic heterocycles. The maximum atomic E-state index is 12.8. The van der Waals surface area contributed by atoms with Crippen molar-refractivity contribution in [2.75, 3.05) is 0 Å². The molecule has 1 aliphatic rings. The van der Waals surface area contributed by atoms with Crippen LogP contribution in [-0.2, 0) is 19.2 Å². The van der Waals surface area contributed by atoms with Gasteiger partial charge < -0.3 is 4.84 Å². The van der Waals surface area contributed by atoms with Gasteiger partial charge in [-0.2, -0.15) is 5.26 Å². The lowest BCUT2D eigenvalue weighted by Gasteiger charge is -2.11. The number of benzene rings is 1. The highest BCUT2D eigenvalue weighted by atomic mass is 19.1. The zero-order chi connectivity index (χ0) is 15.4. The molecule has 0 unspecified atom stereocenters. The molecule has 1 saturated heterocycles. The summed E-state index contributed by atoms with van der Waals surface area (Å²) < 4.78 is 12.8. The molecule has 7 heteroatoms. The summed E-state index contributed by atoms with van der Waals surface area (Å²) in [7, 11) is 0. The van der Waals surface area contributed by atoms with Crippen molar-refractivity contribution < 1.29 is 23.6 Å². The van der Waals surface area contributed by atoms with E-state index in [9.17, 15) is 18.8 Å². The minimum atomic E-state index is -1.12. The fourth-order valence-electron chi connectivity index (χ4n) is 1.65.